The molecule has 0 aliphatic rings. The van der Waals surface area contributed by atoms with Gasteiger partial charge in [-0.25, -0.2) is 4.98 Å². The second-order valence-corrected chi connectivity index (χ2v) is 4.66. The summed E-state index contributed by atoms with van der Waals surface area (Å²) in [5, 5.41) is 15.3. The highest BCUT2D eigenvalue weighted by Gasteiger charge is 2.21. The number of thiazole rings is 1. The van der Waals surface area contributed by atoms with Crippen LogP contribution in [0.25, 0.3) is 0 Å². The monoisotopic (exact) mass is 214 g/mol. The summed E-state index contributed by atoms with van der Waals surface area (Å²) < 4.78 is 0. The molecule has 0 spiro atoms. The van der Waals surface area contributed by atoms with Gasteiger partial charge >= 0.3 is 0 Å². The Hall–Kier alpha value is -0.610. The summed E-state index contributed by atoms with van der Waals surface area (Å²) >= 11 is 1.61. The van der Waals surface area contributed by atoms with Crippen LogP contribution in [-0.2, 0) is 0 Å². The predicted octanol–water partition coefficient (Wildman–Crippen LogP) is 2.41. The Morgan fingerprint density at radius 1 is 1.64 bits per heavy atom. The third kappa shape index (κ3) is 2.96. The average Bonchev–Trinajstić information content (AvgIpc) is 2.51. The van der Waals surface area contributed by atoms with E-state index in [0.29, 0.717) is 0 Å². The Balaban J connectivity index is 2.64. The van der Waals surface area contributed by atoms with Gasteiger partial charge in [-0.1, -0.05) is 6.92 Å². The van der Waals surface area contributed by atoms with E-state index in [0.717, 1.165) is 23.7 Å². The van der Waals surface area contributed by atoms with Crippen LogP contribution in [0.2, 0.25) is 0 Å². The third-order valence-electron chi connectivity index (χ3n) is 2.47. The van der Waals surface area contributed by atoms with Crippen molar-refractivity contribution in [3.8, 4) is 0 Å². The molecule has 0 aromatic carbocycles. The number of aliphatic hydroxyl groups is 1. The van der Waals surface area contributed by atoms with Crippen molar-refractivity contribution in [2.24, 2.45) is 0 Å². The van der Waals surface area contributed by atoms with E-state index in [-0.39, 0.29) is 12.1 Å². The topological polar surface area (TPSA) is 45.1 Å². The number of hydrogen-bond donors (Lipinski definition) is 2. The SMILES string of the molecule is CCC(C)(CCO)Nc1nc(C)cs1. The third-order valence-corrected chi connectivity index (χ3v) is 3.35. The lowest BCUT2D eigenvalue weighted by molar-refractivity contribution is 0.252. The second-order valence-electron chi connectivity index (χ2n) is 3.81. The van der Waals surface area contributed by atoms with Crippen LogP contribution in [-0.4, -0.2) is 22.2 Å². The average molecular weight is 214 g/mol. The van der Waals surface area contributed by atoms with Crippen LogP contribution in [0.1, 0.15) is 32.4 Å². The maximum atomic E-state index is 8.96. The highest BCUT2D eigenvalue weighted by Crippen LogP contribution is 2.24. The molecule has 1 heterocycles. The number of aliphatic hydroxyl groups excluding tert-OH is 1. The van der Waals surface area contributed by atoms with Gasteiger partial charge < -0.3 is 10.4 Å². The first kappa shape index (κ1) is 11.5. The Bertz CT molecular complexity index is 287. The maximum Gasteiger partial charge on any atom is 0.183 e. The lowest BCUT2D eigenvalue weighted by atomic mass is 9.95. The van der Waals surface area contributed by atoms with Crippen LogP contribution in [0.5, 0.6) is 0 Å². The van der Waals surface area contributed by atoms with Crippen molar-refractivity contribution in [3.05, 3.63) is 11.1 Å². The summed E-state index contributed by atoms with van der Waals surface area (Å²) in [6.45, 7) is 6.42. The first-order chi connectivity index (χ1) is 6.59. The van der Waals surface area contributed by atoms with Crippen molar-refractivity contribution in [2.45, 2.75) is 39.2 Å². The number of rotatable bonds is 5. The summed E-state index contributed by atoms with van der Waals surface area (Å²) in [6, 6.07) is 0. The lowest BCUT2D eigenvalue weighted by Crippen LogP contribution is -2.34. The minimum atomic E-state index is -0.0426. The Labute approximate surface area is 89.2 Å². The molecule has 4 heteroatoms. The van der Waals surface area contributed by atoms with E-state index in [9.17, 15) is 0 Å². The van der Waals surface area contributed by atoms with Gasteiger partial charge in [0.15, 0.2) is 5.13 Å². The molecule has 0 bridgehead atoms. The number of nitrogens with zero attached hydrogens (tertiary/aromatic N) is 1. The van der Waals surface area contributed by atoms with Gasteiger partial charge in [0.1, 0.15) is 0 Å². The molecule has 0 amide bonds. The zero-order chi connectivity index (χ0) is 10.6. The highest BCUT2D eigenvalue weighted by molar-refractivity contribution is 7.13. The van der Waals surface area contributed by atoms with Gasteiger partial charge in [0.2, 0.25) is 0 Å². The number of aryl methyl sites for hydroxylation is 1. The van der Waals surface area contributed by atoms with Crippen molar-refractivity contribution in [1.82, 2.24) is 4.98 Å². The van der Waals surface area contributed by atoms with Crippen LogP contribution in [0, 0.1) is 6.92 Å². The van der Waals surface area contributed by atoms with E-state index in [4.69, 9.17) is 5.11 Å². The smallest absolute Gasteiger partial charge is 0.183 e. The van der Waals surface area contributed by atoms with Crippen molar-refractivity contribution in [1.29, 1.82) is 0 Å². The quantitative estimate of drug-likeness (QED) is 0.791. The molecule has 1 rings (SSSR count). The first-order valence-corrected chi connectivity index (χ1v) is 5.79. The fourth-order valence-corrected chi connectivity index (χ4v) is 2.08. The molecule has 1 unspecified atom stereocenters. The number of hydrogen-bond acceptors (Lipinski definition) is 4. The van der Waals surface area contributed by atoms with Gasteiger partial charge in [-0.3, -0.25) is 0 Å². The fourth-order valence-electron chi connectivity index (χ4n) is 1.24. The number of anilines is 1. The Kier molecular flexibility index (Phi) is 3.89. The number of nitrogens with one attached hydrogen (secondary N) is 1. The van der Waals surface area contributed by atoms with Crippen LogP contribution >= 0.6 is 11.3 Å². The van der Waals surface area contributed by atoms with Crippen LogP contribution in [0.15, 0.2) is 5.38 Å². The molecule has 0 aliphatic carbocycles. The second kappa shape index (κ2) is 4.75. The molecule has 2 N–H and O–H groups in total. The van der Waals surface area contributed by atoms with Gasteiger partial charge in [-0.05, 0) is 26.7 Å². The largest absolute Gasteiger partial charge is 0.396 e. The van der Waals surface area contributed by atoms with Gasteiger partial charge in [-0.15, -0.1) is 11.3 Å². The molecule has 0 aliphatic heterocycles. The molecular formula is C10H18N2OS. The van der Waals surface area contributed by atoms with E-state index in [2.05, 4.69) is 24.1 Å². The molecule has 1 atom stereocenters. The Morgan fingerprint density at radius 2 is 2.36 bits per heavy atom. The summed E-state index contributed by atoms with van der Waals surface area (Å²) in [5.41, 5.74) is 0.999. The molecule has 1 aromatic heterocycles. The van der Waals surface area contributed by atoms with Crippen LogP contribution in [0.3, 0.4) is 0 Å². The van der Waals surface area contributed by atoms with E-state index in [1.54, 1.807) is 11.3 Å². The first-order valence-electron chi connectivity index (χ1n) is 4.91. The fraction of sp³-hybridized carbons (Fsp3) is 0.700. The minimum absolute atomic E-state index is 0.0426. The van der Waals surface area contributed by atoms with Gasteiger partial charge in [0.05, 0.1) is 5.69 Å². The molecule has 1 aromatic rings. The normalized spacial score (nSPS) is 15.1. The van der Waals surface area contributed by atoms with Crippen LogP contribution in [0.4, 0.5) is 5.13 Å². The summed E-state index contributed by atoms with van der Waals surface area (Å²) in [4.78, 5) is 4.35. The molecule has 0 fully saturated rings. The van der Waals surface area contributed by atoms with Crippen molar-refractivity contribution in [3.63, 3.8) is 0 Å². The molecule has 80 valence electrons. The summed E-state index contributed by atoms with van der Waals surface area (Å²) in [5.74, 6) is 0. The molecule has 14 heavy (non-hydrogen) atoms. The highest BCUT2D eigenvalue weighted by atomic mass is 32.1. The minimum Gasteiger partial charge on any atom is -0.396 e. The van der Waals surface area contributed by atoms with Crippen molar-refractivity contribution >= 4 is 16.5 Å². The Morgan fingerprint density at radius 3 is 2.79 bits per heavy atom. The zero-order valence-electron chi connectivity index (χ0n) is 9.00. The van der Waals surface area contributed by atoms with Gasteiger partial charge in [-0.2, -0.15) is 0 Å². The van der Waals surface area contributed by atoms with E-state index in [1.807, 2.05) is 12.3 Å². The van der Waals surface area contributed by atoms with E-state index < -0.39 is 0 Å². The summed E-state index contributed by atoms with van der Waals surface area (Å²) in [7, 11) is 0. The van der Waals surface area contributed by atoms with Gasteiger partial charge in [0, 0.05) is 17.5 Å². The summed E-state index contributed by atoms with van der Waals surface area (Å²) in [6.07, 6.45) is 1.73. The molecular weight excluding hydrogens is 196 g/mol. The van der Waals surface area contributed by atoms with Crippen molar-refractivity contribution < 1.29 is 5.11 Å². The lowest BCUT2D eigenvalue weighted by Gasteiger charge is -2.28. The number of aromatic nitrogens is 1. The predicted molar refractivity (Wildman–Crippen MR) is 60.9 cm³/mol. The van der Waals surface area contributed by atoms with E-state index >= 15 is 0 Å². The standard InChI is InChI=1S/C10H18N2OS/c1-4-10(3,5-6-13)12-9-11-8(2)7-14-9/h7,13H,4-6H2,1-3H3,(H,11,12). The van der Waals surface area contributed by atoms with Crippen LogP contribution < -0.4 is 5.32 Å². The molecule has 0 radical (unpaired) electrons. The van der Waals surface area contributed by atoms with Crippen molar-refractivity contribution in [2.75, 3.05) is 11.9 Å². The zero-order valence-corrected chi connectivity index (χ0v) is 9.82. The molecule has 0 saturated carbocycles. The maximum absolute atomic E-state index is 8.96. The molecule has 0 saturated heterocycles. The van der Waals surface area contributed by atoms with Gasteiger partial charge in [0.25, 0.3) is 0 Å². The molecule has 3 nitrogen and oxygen atoms in total. The van der Waals surface area contributed by atoms with E-state index in [1.165, 1.54) is 0 Å².